The van der Waals surface area contributed by atoms with Crippen molar-refractivity contribution in [1.29, 1.82) is 0 Å². The van der Waals surface area contributed by atoms with E-state index in [0.29, 0.717) is 35.1 Å². The molecule has 2 atom stereocenters. The van der Waals surface area contributed by atoms with Crippen LogP contribution in [-0.2, 0) is 4.79 Å². The largest absolute Gasteiger partial charge is 0.496 e. The van der Waals surface area contributed by atoms with Gasteiger partial charge < -0.3 is 10.1 Å². The number of carbonyl (C=O) groups excluding carboxylic acids is 1. The maximum atomic E-state index is 12.3. The van der Waals surface area contributed by atoms with Crippen LogP contribution < -0.4 is 10.1 Å². The average molecular weight is 405 g/mol. The molecule has 28 heavy (non-hydrogen) atoms. The first-order chi connectivity index (χ1) is 13.5. The van der Waals surface area contributed by atoms with Crippen molar-refractivity contribution in [3.8, 4) is 17.0 Å². The second-order valence-electron chi connectivity index (χ2n) is 7.53. The van der Waals surface area contributed by atoms with Crippen molar-refractivity contribution in [2.24, 2.45) is 0 Å². The van der Waals surface area contributed by atoms with E-state index in [0.717, 1.165) is 24.2 Å². The van der Waals surface area contributed by atoms with Crippen LogP contribution in [0, 0.1) is 0 Å². The Hall–Kier alpha value is -2.05. The summed E-state index contributed by atoms with van der Waals surface area (Å²) in [6.07, 6.45) is 5.13. The molecular formula is C21H29ClN4O2. The van der Waals surface area contributed by atoms with Crippen molar-refractivity contribution < 1.29 is 9.53 Å². The molecule has 0 saturated carbocycles. The number of nitrogens with zero attached hydrogens (tertiary/aromatic N) is 2. The number of amides is 1. The molecule has 3 rings (SSSR count). The number of H-pyrrole nitrogens is 1. The smallest absolute Gasteiger partial charge is 0.225 e. The van der Waals surface area contributed by atoms with Gasteiger partial charge >= 0.3 is 0 Å². The van der Waals surface area contributed by atoms with E-state index in [1.807, 2.05) is 0 Å². The van der Waals surface area contributed by atoms with Crippen molar-refractivity contribution in [2.75, 3.05) is 19.0 Å². The van der Waals surface area contributed by atoms with Gasteiger partial charge in [0.25, 0.3) is 0 Å². The van der Waals surface area contributed by atoms with Crippen molar-refractivity contribution in [2.45, 2.75) is 58.0 Å². The first kappa shape index (κ1) is 20.7. The first-order valence-corrected chi connectivity index (χ1v) is 10.3. The van der Waals surface area contributed by atoms with Crippen LogP contribution in [0.5, 0.6) is 5.75 Å². The van der Waals surface area contributed by atoms with Gasteiger partial charge in [-0.15, -0.1) is 0 Å². The van der Waals surface area contributed by atoms with Gasteiger partial charge in [-0.05, 0) is 57.9 Å². The molecule has 152 valence electrons. The number of benzene rings is 1. The Morgan fingerprint density at radius 2 is 2.07 bits per heavy atom. The number of aromatic amines is 1. The predicted molar refractivity (Wildman–Crippen MR) is 113 cm³/mol. The molecule has 1 amide bonds. The highest BCUT2D eigenvalue weighted by Gasteiger charge is 2.24. The van der Waals surface area contributed by atoms with Gasteiger partial charge in [0.05, 0.1) is 12.8 Å². The Bertz CT molecular complexity index is 797. The van der Waals surface area contributed by atoms with E-state index in [-0.39, 0.29) is 5.91 Å². The van der Waals surface area contributed by atoms with Crippen LogP contribution in [0.3, 0.4) is 0 Å². The number of methoxy groups -OCH3 is 1. The SMILES string of the molecule is COc1ccc(Cl)cc1-c1cc(NC(=O)CCCN2C(C)CCCC2C)n[nH]1. The standard InChI is InChI=1S/C21H29ClN4O2/c1-14-6-4-7-15(2)26(14)11-5-8-21(27)23-20-13-18(24-25-20)17-12-16(22)9-10-19(17)28-3/h9-10,12-15H,4-8,11H2,1-3H3,(H2,23,24,25,27). The second kappa shape index (κ2) is 9.43. The number of hydrogen-bond donors (Lipinski definition) is 2. The minimum atomic E-state index is -0.0200. The number of halogens is 1. The number of hydrogen-bond acceptors (Lipinski definition) is 4. The monoisotopic (exact) mass is 404 g/mol. The number of carbonyl (C=O) groups is 1. The Kier molecular flexibility index (Phi) is 6.97. The lowest BCUT2D eigenvalue weighted by atomic mass is 9.97. The lowest BCUT2D eigenvalue weighted by molar-refractivity contribution is -0.116. The molecule has 1 saturated heterocycles. The number of ether oxygens (including phenoxy) is 1. The molecule has 1 fully saturated rings. The van der Waals surface area contributed by atoms with E-state index in [2.05, 4.69) is 34.3 Å². The molecule has 2 heterocycles. The van der Waals surface area contributed by atoms with E-state index < -0.39 is 0 Å². The zero-order valence-corrected chi connectivity index (χ0v) is 17.6. The third-order valence-electron chi connectivity index (χ3n) is 5.49. The van der Waals surface area contributed by atoms with Crippen LogP contribution in [0.25, 0.3) is 11.3 Å². The molecular weight excluding hydrogens is 376 g/mol. The minimum absolute atomic E-state index is 0.0200. The molecule has 0 bridgehead atoms. The van der Waals surface area contributed by atoms with Gasteiger partial charge in [-0.2, -0.15) is 5.10 Å². The van der Waals surface area contributed by atoms with E-state index >= 15 is 0 Å². The lowest BCUT2D eigenvalue weighted by Crippen LogP contribution is -2.44. The molecule has 7 heteroatoms. The van der Waals surface area contributed by atoms with Gasteiger partial charge in [0.2, 0.25) is 5.91 Å². The maximum absolute atomic E-state index is 12.3. The summed E-state index contributed by atoms with van der Waals surface area (Å²) in [5.74, 6) is 1.17. The van der Waals surface area contributed by atoms with Crippen LogP contribution in [0.1, 0.15) is 46.0 Å². The van der Waals surface area contributed by atoms with Gasteiger partial charge in [0.15, 0.2) is 5.82 Å². The summed E-state index contributed by atoms with van der Waals surface area (Å²) in [5, 5.41) is 10.6. The maximum Gasteiger partial charge on any atom is 0.225 e. The summed E-state index contributed by atoms with van der Waals surface area (Å²) in [6.45, 7) is 5.53. The van der Waals surface area contributed by atoms with Crippen molar-refractivity contribution in [3.05, 3.63) is 29.3 Å². The summed E-state index contributed by atoms with van der Waals surface area (Å²) in [7, 11) is 1.61. The summed E-state index contributed by atoms with van der Waals surface area (Å²) in [6, 6.07) is 8.38. The van der Waals surface area contributed by atoms with Crippen LogP contribution >= 0.6 is 11.6 Å². The van der Waals surface area contributed by atoms with Gasteiger partial charge in [0, 0.05) is 35.2 Å². The third kappa shape index (κ3) is 5.06. The van der Waals surface area contributed by atoms with Crippen molar-refractivity contribution >= 4 is 23.3 Å². The second-order valence-corrected chi connectivity index (χ2v) is 7.97. The first-order valence-electron chi connectivity index (χ1n) is 9.93. The van der Waals surface area contributed by atoms with Crippen molar-refractivity contribution in [3.63, 3.8) is 0 Å². The highest BCUT2D eigenvalue weighted by molar-refractivity contribution is 6.31. The fourth-order valence-electron chi connectivity index (χ4n) is 3.96. The molecule has 1 aliphatic rings. The fraction of sp³-hybridized carbons (Fsp3) is 0.524. The molecule has 0 spiro atoms. The Balaban J connectivity index is 1.54. The molecule has 1 aliphatic heterocycles. The molecule has 2 N–H and O–H groups in total. The molecule has 0 aliphatic carbocycles. The van der Waals surface area contributed by atoms with Crippen molar-refractivity contribution in [1.82, 2.24) is 15.1 Å². The molecule has 0 radical (unpaired) electrons. The highest BCUT2D eigenvalue weighted by Crippen LogP contribution is 2.32. The highest BCUT2D eigenvalue weighted by atomic mass is 35.5. The average Bonchev–Trinajstić information content (AvgIpc) is 3.12. The van der Waals surface area contributed by atoms with E-state index in [4.69, 9.17) is 16.3 Å². The number of likely N-dealkylation sites (tertiary alicyclic amines) is 1. The van der Waals surface area contributed by atoms with Gasteiger partial charge in [-0.1, -0.05) is 18.0 Å². The number of anilines is 1. The number of aromatic nitrogens is 2. The molecule has 1 aromatic carbocycles. The van der Waals surface area contributed by atoms with Gasteiger partial charge in [-0.25, -0.2) is 0 Å². The third-order valence-corrected chi connectivity index (χ3v) is 5.73. The number of nitrogens with one attached hydrogen (secondary N) is 2. The summed E-state index contributed by atoms with van der Waals surface area (Å²) < 4.78 is 5.37. The minimum Gasteiger partial charge on any atom is -0.496 e. The van der Waals surface area contributed by atoms with Crippen LogP contribution in [0.15, 0.2) is 24.3 Å². The van der Waals surface area contributed by atoms with E-state index in [1.54, 1.807) is 31.4 Å². The molecule has 2 aromatic rings. The van der Waals surface area contributed by atoms with E-state index in [9.17, 15) is 4.79 Å². The van der Waals surface area contributed by atoms with Crippen LogP contribution in [0.4, 0.5) is 5.82 Å². The Morgan fingerprint density at radius 3 is 2.79 bits per heavy atom. The summed E-state index contributed by atoms with van der Waals surface area (Å²) in [5.41, 5.74) is 1.54. The van der Waals surface area contributed by atoms with Crippen LogP contribution in [0.2, 0.25) is 5.02 Å². The fourth-order valence-corrected chi connectivity index (χ4v) is 4.13. The quantitative estimate of drug-likeness (QED) is 0.700. The molecule has 2 unspecified atom stereocenters. The normalized spacial score (nSPS) is 20.1. The Labute approximate surface area is 171 Å². The summed E-state index contributed by atoms with van der Waals surface area (Å²) >= 11 is 6.09. The summed E-state index contributed by atoms with van der Waals surface area (Å²) in [4.78, 5) is 14.8. The predicted octanol–water partition coefficient (Wildman–Crippen LogP) is 4.72. The topological polar surface area (TPSA) is 70.2 Å². The molecule has 1 aromatic heterocycles. The number of piperidine rings is 1. The Morgan fingerprint density at radius 1 is 1.32 bits per heavy atom. The van der Waals surface area contributed by atoms with Crippen LogP contribution in [-0.4, -0.2) is 46.7 Å². The lowest BCUT2D eigenvalue weighted by Gasteiger charge is -2.39. The zero-order chi connectivity index (χ0) is 20.1. The number of rotatable bonds is 7. The zero-order valence-electron chi connectivity index (χ0n) is 16.8. The van der Waals surface area contributed by atoms with Gasteiger partial charge in [0.1, 0.15) is 5.75 Å². The van der Waals surface area contributed by atoms with Gasteiger partial charge in [-0.3, -0.25) is 14.8 Å². The molecule has 6 nitrogen and oxygen atoms in total. The van der Waals surface area contributed by atoms with E-state index in [1.165, 1.54) is 19.3 Å².